The summed E-state index contributed by atoms with van der Waals surface area (Å²) in [5.41, 5.74) is 2.71. The van der Waals surface area contributed by atoms with E-state index in [1.807, 2.05) is 51.1 Å². The summed E-state index contributed by atoms with van der Waals surface area (Å²) in [6.07, 6.45) is 6.43. The van der Waals surface area contributed by atoms with Gasteiger partial charge in [0.15, 0.2) is 11.5 Å². The standard InChI is InChI=1S/C29H39ClN2O4/c1-20(2)36-25-16-15-23(17-26(25)35-4)28(29(34)31-24-9-7-5-6-8-10-24)32(27(33)18-30)19-22-13-11-21(3)12-14-22/h11-17,20,24,28H,5-10,18-19H2,1-4H3,(H,31,34)/t28-/m1/s1. The summed E-state index contributed by atoms with van der Waals surface area (Å²) in [6, 6.07) is 12.6. The lowest BCUT2D eigenvalue weighted by molar-refractivity contribution is -0.140. The molecule has 1 N–H and O–H groups in total. The molecule has 0 saturated heterocycles. The number of nitrogens with zero attached hydrogens (tertiary/aromatic N) is 1. The molecule has 2 aromatic rings. The van der Waals surface area contributed by atoms with Gasteiger partial charge in [-0.1, -0.05) is 61.6 Å². The molecule has 0 aliphatic heterocycles. The first-order valence-electron chi connectivity index (χ1n) is 12.9. The first kappa shape index (κ1) is 27.9. The summed E-state index contributed by atoms with van der Waals surface area (Å²) >= 11 is 6.06. The predicted octanol–water partition coefficient (Wildman–Crippen LogP) is 5.94. The molecule has 3 rings (SSSR count). The van der Waals surface area contributed by atoms with Gasteiger partial charge >= 0.3 is 0 Å². The van der Waals surface area contributed by atoms with E-state index in [4.69, 9.17) is 21.1 Å². The number of aryl methyl sites for hydroxylation is 1. The number of ether oxygens (including phenoxy) is 2. The monoisotopic (exact) mass is 514 g/mol. The van der Waals surface area contributed by atoms with Crippen molar-refractivity contribution in [3.8, 4) is 11.5 Å². The van der Waals surface area contributed by atoms with Crippen molar-refractivity contribution in [3.63, 3.8) is 0 Å². The summed E-state index contributed by atoms with van der Waals surface area (Å²) < 4.78 is 11.5. The molecule has 2 aromatic carbocycles. The van der Waals surface area contributed by atoms with Crippen LogP contribution in [0.1, 0.15) is 75.1 Å². The number of carbonyl (C=O) groups excluding carboxylic acids is 2. The second-order valence-electron chi connectivity index (χ2n) is 9.82. The molecule has 1 atom stereocenters. The Morgan fingerprint density at radius 2 is 1.69 bits per heavy atom. The minimum Gasteiger partial charge on any atom is -0.493 e. The Morgan fingerprint density at radius 3 is 2.28 bits per heavy atom. The summed E-state index contributed by atoms with van der Waals surface area (Å²) in [4.78, 5) is 28.6. The molecule has 36 heavy (non-hydrogen) atoms. The lowest BCUT2D eigenvalue weighted by Gasteiger charge is -2.33. The fourth-order valence-corrected chi connectivity index (χ4v) is 4.83. The maximum absolute atomic E-state index is 13.9. The summed E-state index contributed by atoms with van der Waals surface area (Å²) in [6.45, 7) is 6.17. The van der Waals surface area contributed by atoms with Gasteiger partial charge in [-0.2, -0.15) is 0 Å². The molecule has 0 bridgehead atoms. The van der Waals surface area contributed by atoms with E-state index in [2.05, 4.69) is 5.32 Å². The number of nitrogens with one attached hydrogen (secondary N) is 1. The van der Waals surface area contributed by atoms with Gasteiger partial charge in [-0.05, 0) is 56.9 Å². The van der Waals surface area contributed by atoms with Gasteiger partial charge in [0.25, 0.3) is 0 Å². The van der Waals surface area contributed by atoms with Crippen molar-refractivity contribution in [1.29, 1.82) is 0 Å². The lowest BCUT2D eigenvalue weighted by atomic mass is 10.0. The molecule has 7 heteroatoms. The molecule has 0 unspecified atom stereocenters. The fourth-order valence-electron chi connectivity index (χ4n) is 4.67. The minimum absolute atomic E-state index is 0.0325. The van der Waals surface area contributed by atoms with Gasteiger partial charge in [-0.3, -0.25) is 9.59 Å². The average molecular weight is 515 g/mol. The molecular weight excluding hydrogens is 476 g/mol. The molecule has 0 heterocycles. The Bertz CT molecular complexity index is 1000. The van der Waals surface area contributed by atoms with Crippen molar-refractivity contribution in [1.82, 2.24) is 10.2 Å². The minimum atomic E-state index is -0.859. The Hall–Kier alpha value is -2.73. The first-order chi connectivity index (χ1) is 17.3. The molecule has 1 aliphatic rings. The molecule has 1 aliphatic carbocycles. The number of rotatable bonds is 10. The second kappa shape index (κ2) is 13.5. The van der Waals surface area contributed by atoms with Gasteiger partial charge in [-0.25, -0.2) is 0 Å². The number of alkyl halides is 1. The van der Waals surface area contributed by atoms with Crippen molar-refractivity contribution in [2.24, 2.45) is 0 Å². The van der Waals surface area contributed by atoms with Crippen LogP contribution in [-0.4, -0.2) is 41.8 Å². The first-order valence-corrected chi connectivity index (χ1v) is 13.4. The van der Waals surface area contributed by atoms with E-state index in [-0.39, 0.29) is 36.4 Å². The molecule has 1 saturated carbocycles. The largest absolute Gasteiger partial charge is 0.493 e. The van der Waals surface area contributed by atoms with E-state index < -0.39 is 6.04 Å². The van der Waals surface area contributed by atoms with Gasteiger partial charge in [0.05, 0.1) is 13.2 Å². The highest BCUT2D eigenvalue weighted by atomic mass is 35.5. The van der Waals surface area contributed by atoms with Crippen molar-refractivity contribution < 1.29 is 19.1 Å². The third kappa shape index (κ3) is 7.63. The molecule has 6 nitrogen and oxygen atoms in total. The van der Waals surface area contributed by atoms with Crippen LogP contribution < -0.4 is 14.8 Å². The smallest absolute Gasteiger partial charge is 0.247 e. The topological polar surface area (TPSA) is 67.9 Å². The van der Waals surface area contributed by atoms with Crippen LogP contribution >= 0.6 is 11.6 Å². The van der Waals surface area contributed by atoms with Crippen molar-refractivity contribution in [3.05, 3.63) is 59.2 Å². The maximum Gasteiger partial charge on any atom is 0.247 e. The third-order valence-electron chi connectivity index (χ3n) is 6.54. The molecule has 0 radical (unpaired) electrons. The lowest BCUT2D eigenvalue weighted by Crippen LogP contribution is -2.46. The predicted molar refractivity (Wildman–Crippen MR) is 144 cm³/mol. The Balaban J connectivity index is 2.01. The number of hydrogen-bond donors (Lipinski definition) is 1. The summed E-state index contributed by atoms with van der Waals surface area (Å²) in [7, 11) is 1.57. The highest BCUT2D eigenvalue weighted by Crippen LogP contribution is 2.34. The number of hydrogen-bond acceptors (Lipinski definition) is 4. The molecule has 196 valence electrons. The van der Waals surface area contributed by atoms with Crippen LogP contribution in [0.3, 0.4) is 0 Å². The van der Waals surface area contributed by atoms with Crippen LogP contribution in [0.4, 0.5) is 0 Å². The second-order valence-corrected chi connectivity index (χ2v) is 10.1. The number of methoxy groups -OCH3 is 1. The number of carbonyl (C=O) groups is 2. The van der Waals surface area contributed by atoms with Crippen LogP contribution in [-0.2, 0) is 16.1 Å². The van der Waals surface area contributed by atoms with E-state index in [0.29, 0.717) is 17.1 Å². The van der Waals surface area contributed by atoms with Crippen LogP contribution in [0.25, 0.3) is 0 Å². The Kier molecular flexibility index (Phi) is 10.5. The van der Waals surface area contributed by atoms with E-state index >= 15 is 0 Å². The molecule has 1 fully saturated rings. The zero-order chi connectivity index (χ0) is 26.1. The zero-order valence-corrected chi connectivity index (χ0v) is 22.6. The van der Waals surface area contributed by atoms with E-state index in [9.17, 15) is 9.59 Å². The Morgan fingerprint density at radius 1 is 1.03 bits per heavy atom. The van der Waals surface area contributed by atoms with Crippen LogP contribution in [0.15, 0.2) is 42.5 Å². The maximum atomic E-state index is 13.9. The van der Waals surface area contributed by atoms with Crippen LogP contribution in [0.2, 0.25) is 0 Å². The average Bonchev–Trinajstić information content (AvgIpc) is 3.13. The summed E-state index contributed by atoms with van der Waals surface area (Å²) in [5, 5.41) is 3.25. The van der Waals surface area contributed by atoms with Crippen molar-refractivity contribution >= 4 is 23.4 Å². The fraction of sp³-hybridized carbons (Fsp3) is 0.517. The van der Waals surface area contributed by atoms with E-state index in [1.54, 1.807) is 24.1 Å². The third-order valence-corrected chi connectivity index (χ3v) is 6.76. The van der Waals surface area contributed by atoms with E-state index in [1.165, 1.54) is 12.8 Å². The number of benzene rings is 2. The number of halogens is 1. The molecular formula is C29H39ClN2O4. The Labute approximate surface area is 220 Å². The zero-order valence-electron chi connectivity index (χ0n) is 21.9. The van der Waals surface area contributed by atoms with Gasteiger partial charge < -0.3 is 19.7 Å². The normalized spacial score (nSPS) is 15.2. The molecule has 0 aromatic heterocycles. The van der Waals surface area contributed by atoms with Crippen molar-refractivity contribution in [2.45, 2.75) is 84.0 Å². The van der Waals surface area contributed by atoms with Gasteiger partial charge in [0, 0.05) is 12.6 Å². The number of amides is 2. The van der Waals surface area contributed by atoms with Gasteiger partial charge in [0.2, 0.25) is 11.8 Å². The van der Waals surface area contributed by atoms with E-state index in [0.717, 1.165) is 36.8 Å². The van der Waals surface area contributed by atoms with Crippen molar-refractivity contribution in [2.75, 3.05) is 13.0 Å². The SMILES string of the molecule is COc1cc([C@H](C(=O)NC2CCCCCC2)N(Cc2ccc(C)cc2)C(=O)CCl)ccc1OC(C)C. The highest BCUT2D eigenvalue weighted by molar-refractivity contribution is 6.27. The molecule has 0 spiro atoms. The van der Waals surface area contributed by atoms with Gasteiger partial charge in [0.1, 0.15) is 11.9 Å². The highest BCUT2D eigenvalue weighted by Gasteiger charge is 2.33. The summed E-state index contributed by atoms with van der Waals surface area (Å²) in [5.74, 6) is 0.381. The van der Waals surface area contributed by atoms with Crippen LogP contribution in [0, 0.1) is 6.92 Å². The van der Waals surface area contributed by atoms with Gasteiger partial charge in [-0.15, -0.1) is 11.6 Å². The van der Waals surface area contributed by atoms with Crippen LogP contribution in [0.5, 0.6) is 11.5 Å². The molecule has 2 amide bonds. The quantitative estimate of drug-likeness (QED) is 0.315.